The first kappa shape index (κ1) is 20.6. The average molecular weight is 415 g/mol. The third kappa shape index (κ3) is 5.00. The Balaban J connectivity index is 1.56. The van der Waals surface area contributed by atoms with Gasteiger partial charge in [0.1, 0.15) is 17.7 Å². The second kappa shape index (κ2) is 7.68. The molecule has 0 saturated heterocycles. The molecule has 0 radical (unpaired) electrons. The monoisotopic (exact) mass is 415 g/mol. The van der Waals surface area contributed by atoms with Gasteiger partial charge in [-0.15, -0.1) is 0 Å². The Morgan fingerprint density at radius 2 is 2.14 bits per heavy atom. The van der Waals surface area contributed by atoms with Crippen LogP contribution in [-0.4, -0.2) is 45.7 Å². The lowest BCUT2D eigenvalue weighted by atomic mass is 10.1. The van der Waals surface area contributed by atoms with E-state index in [0.717, 1.165) is 13.8 Å². The van der Waals surface area contributed by atoms with Gasteiger partial charge in [-0.05, 0) is 38.5 Å². The number of anilines is 2. The second-order valence-corrected chi connectivity index (χ2v) is 7.02. The molecule has 1 aromatic heterocycles. The predicted octanol–water partition coefficient (Wildman–Crippen LogP) is 2.79. The molecule has 1 unspecified atom stereocenters. The zero-order valence-electron chi connectivity index (χ0n) is 15.6. The van der Waals surface area contributed by atoms with Crippen LogP contribution in [-0.2, 0) is 11.2 Å². The van der Waals surface area contributed by atoms with Crippen LogP contribution in [0, 0.1) is 0 Å². The minimum atomic E-state index is -4.69. The van der Waals surface area contributed by atoms with E-state index in [-0.39, 0.29) is 17.5 Å². The van der Waals surface area contributed by atoms with E-state index in [2.05, 4.69) is 30.6 Å². The quantitative estimate of drug-likeness (QED) is 0.596. The topological polar surface area (TPSA) is 121 Å². The number of amides is 1. The summed E-state index contributed by atoms with van der Waals surface area (Å²) in [6, 6.07) is 4.63. The van der Waals surface area contributed by atoms with Crippen molar-refractivity contribution in [3.05, 3.63) is 34.5 Å². The number of carbonyl (C=O) groups is 1. The summed E-state index contributed by atoms with van der Waals surface area (Å²) in [6.45, 7) is 2.01. The Bertz CT molecular complexity index is 938. The Morgan fingerprint density at radius 3 is 2.79 bits per heavy atom. The molecule has 0 spiro atoms. The molecule has 0 saturated carbocycles. The van der Waals surface area contributed by atoms with E-state index in [1.165, 1.54) is 6.07 Å². The van der Waals surface area contributed by atoms with Gasteiger partial charge in [-0.3, -0.25) is 10.3 Å². The summed E-state index contributed by atoms with van der Waals surface area (Å²) in [6.07, 6.45) is -4.95. The number of carbonyl (C=O) groups excluding carboxylic acids is 1. The summed E-state index contributed by atoms with van der Waals surface area (Å²) < 4.78 is 48.8. The fourth-order valence-corrected chi connectivity index (χ4v) is 2.61. The Hall–Kier alpha value is -3.18. The van der Waals surface area contributed by atoms with Crippen LogP contribution in [0.5, 0.6) is 5.75 Å². The van der Waals surface area contributed by atoms with E-state index in [1.807, 2.05) is 0 Å². The van der Waals surface area contributed by atoms with Crippen molar-refractivity contribution < 1.29 is 27.4 Å². The van der Waals surface area contributed by atoms with Crippen molar-refractivity contribution in [2.45, 2.75) is 44.6 Å². The SMILES string of the molecule is CC(C)(OC(=O)Nc1ccc2c(c1)NCC(CCc1n[nH]c(=O)[nH]1)O2)C(F)(F)F. The normalized spacial score (nSPS) is 16.4. The maximum Gasteiger partial charge on any atom is 0.427 e. The first-order chi connectivity index (χ1) is 13.5. The maximum atomic E-state index is 12.8. The molecule has 1 atom stereocenters. The highest BCUT2D eigenvalue weighted by Crippen LogP contribution is 2.34. The largest absolute Gasteiger partial charge is 0.486 e. The fourth-order valence-electron chi connectivity index (χ4n) is 2.61. The molecule has 0 bridgehead atoms. The molecule has 158 valence electrons. The van der Waals surface area contributed by atoms with Crippen LogP contribution in [0.15, 0.2) is 23.0 Å². The van der Waals surface area contributed by atoms with Crippen molar-refractivity contribution in [2.75, 3.05) is 17.2 Å². The molecule has 0 fully saturated rings. The average Bonchev–Trinajstić information content (AvgIpc) is 3.03. The Labute approximate surface area is 163 Å². The molecular weight excluding hydrogens is 395 g/mol. The van der Waals surface area contributed by atoms with Gasteiger partial charge in [0.15, 0.2) is 0 Å². The van der Waals surface area contributed by atoms with Gasteiger partial charge in [-0.25, -0.2) is 14.7 Å². The Morgan fingerprint density at radius 1 is 1.38 bits per heavy atom. The summed E-state index contributed by atoms with van der Waals surface area (Å²) >= 11 is 0. The van der Waals surface area contributed by atoms with E-state index < -0.39 is 17.9 Å². The molecule has 3 rings (SSSR count). The number of H-pyrrole nitrogens is 2. The van der Waals surface area contributed by atoms with Gasteiger partial charge in [0.05, 0.1) is 12.2 Å². The van der Waals surface area contributed by atoms with Crippen LogP contribution >= 0.6 is 0 Å². The first-order valence-corrected chi connectivity index (χ1v) is 8.78. The smallest absolute Gasteiger partial charge is 0.427 e. The number of aromatic nitrogens is 3. The minimum absolute atomic E-state index is 0.168. The summed E-state index contributed by atoms with van der Waals surface area (Å²) in [5.74, 6) is 1.07. The van der Waals surface area contributed by atoms with Crippen molar-refractivity contribution in [2.24, 2.45) is 0 Å². The molecule has 1 aromatic carbocycles. The van der Waals surface area contributed by atoms with Gasteiger partial charge in [0.25, 0.3) is 0 Å². The molecule has 29 heavy (non-hydrogen) atoms. The molecular formula is C17H20F3N5O4. The summed E-state index contributed by atoms with van der Waals surface area (Å²) in [7, 11) is 0. The number of aryl methyl sites for hydroxylation is 1. The van der Waals surface area contributed by atoms with Crippen molar-refractivity contribution in [1.82, 2.24) is 15.2 Å². The van der Waals surface area contributed by atoms with Gasteiger partial charge in [-0.1, -0.05) is 0 Å². The molecule has 9 nitrogen and oxygen atoms in total. The zero-order chi connectivity index (χ0) is 21.2. The van der Waals surface area contributed by atoms with Crippen LogP contribution < -0.4 is 21.1 Å². The van der Waals surface area contributed by atoms with Crippen LogP contribution in [0.4, 0.5) is 29.3 Å². The third-order valence-corrected chi connectivity index (χ3v) is 4.32. The number of nitrogens with one attached hydrogen (secondary N) is 4. The second-order valence-electron chi connectivity index (χ2n) is 7.02. The Kier molecular flexibility index (Phi) is 5.44. The van der Waals surface area contributed by atoms with Crippen LogP contribution in [0.1, 0.15) is 26.1 Å². The van der Waals surface area contributed by atoms with Gasteiger partial charge in [-0.2, -0.15) is 18.3 Å². The number of fused-ring (bicyclic) bond motifs is 1. The molecule has 4 N–H and O–H groups in total. The lowest BCUT2D eigenvalue weighted by molar-refractivity contribution is -0.242. The van der Waals surface area contributed by atoms with Gasteiger partial charge in [0.2, 0.25) is 5.60 Å². The lowest BCUT2D eigenvalue weighted by Gasteiger charge is -2.28. The number of nitrogens with zero attached hydrogens (tertiary/aromatic N) is 1. The number of ether oxygens (including phenoxy) is 2. The molecule has 1 aliphatic rings. The number of hydrogen-bond donors (Lipinski definition) is 4. The summed E-state index contributed by atoms with van der Waals surface area (Å²) in [5, 5.41) is 11.5. The third-order valence-electron chi connectivity index (χ3n) is 4.32. The highest BCUT2D eigenvalue weighted by molar-refractivity contribution is 5.86. The van der Waals surface area contributed by atoms with Crippen molar-refractivity contribution in [3.63, 3.8) is 0 Å². The molecule has 1 aliphatic heterocycles. The van der Waals surface area contributed by atoms with Crippen molar-refractivity contribution in [1.29, 1.82) is 0 Å². The molecule has 0 aliphatic carbocycles. The number of hydrogen-bond acceptors (Lipinski definition) is 6. The highest BCUT2D eigenvalue weighted by Gasteiger charge is 2.51. The van der Waals surface area contributed by atoms with Crippen LogP contribution in [0.3, 0.4) is 0 Å². The first-order valence-electron chi connectivity index (χ1n) is 8.78. The number of benzene rings is 1. The van der Waals surface area contributed by atoms with E-state index in [4.69, 9.17) is 4.74 Å². The van der Waals surface area contributed by atoms with Gasteiger partial charge >= 0.3 is 18.0 Å². The van der Waals surface area contributed by atoms with Crippen molar-refractivity contribution >= 4 is 17.5 Å². The number of alkyl halides is 3. The van der Waals surface area contributed by atoms with Crippen LogP contribution in [0.25, 0.3) is 0 Å². The zero-order valence-corrected chi connectivity index (χ0v) is 15.6. The number of rotatable bonds is 5. The standard InChI is InChI=1S/C17H20F3N5O4/c1-16(2,17(18,19)20)29-15(27)22-9-3-5-12-11(7-9)21-8-10(28-12)4-6-13-23-14(26)25-24-13/h3,5,7,10,21H,4,6,8H2,1-2H3,(H,22,27)(H2,23,24,25,26). The van der Waals surface area contributed by atoms with Crippen molar-refractivity contribution in [3.8, 4) is 5.75 Å². The molecule has 1 amide bonds. The number of aromatic amines is 2. The molecule has 2 heterocycles. The summed E-state index contributed by atoms with van der Waals surface area (Å²) in [4.78, 5) is 25.4. The maximum absolute atomic E-state index is 12.8. The van der Waals surface area contributed by atoms with E-state index in [0.29, 0.717) is 36.6 Å². The van der Waals surface area contributed by atoms with Gasteiger partial charge in [0, 0.05) is 12.1 Å². The van der Waals surface area contributed by atoms with Gasteiger partial charge < -0.3 is 14.8 Å². The molecule has 12 heteroatoms. The molecule has 2 aromatic rings. The van der Waals surface area contributed by atoms with E-state index in [9.17, 15) is 22.8 Å². The predicted molar refractivity (Wildman–Crippen MR) is 97.1 cm³/mol. The van der Waals surface area contributed by atoms with E-state index in [1.54, 1.807) is 12.1 Å². The summed E-state index contributed by atoms with van der Waals surface area (Å²) in [5.41, 5.74) is -2.14. The van der Waals surface area contributed by atoms with E-state index >= 15 is 0 Å². The minimum Gasteiger partial charge on any atom is -0.486 e. The highest BCUT2D eigenvalue weighted by atomic mass is 19.4. The van der Waals surface area contributed by atoms with Crippen LogP contribution in [0.2, 0.25) is 0 Å². The fraction of sp³-hybridized carbons (Fsp3) is 0.471. The number of halogens is 3. The lowest BCUT2D eigenvalue weighted by Crippen LogP contribution is -2.44.